The Morgan fingerprint density at radius 3 is 2.86 bits per heavy atom. The minimum absolute atomic E-state index is 0.163. The molecule has 1 N–H and O–H groups in total. The molecule has 1 atom stereocenters. The zero-order valence-corrected chi connectivity index (χ0v) is 13.8. The van der Waals surface area contributed by atoms with Crippen molar-refractivity contribution >= 4 is 27.9 Å². The first-order valence-corrected chi connectivity index (χ1v) is 8.25. The Labute approximate surface area is 133 Å². The van der Waals surface area contributed by atoms with E-state index in [4.69, 9.17) is 0 Å². The largest absolute Gasteiger partial charge is 0.320 e. The number of hydrogen-bond acceptors (Lipinski definition) is 3. The number of nitrogens with one attached hydrogen (secondary N) is 1. The Balaban J connectivity index is 1.86. The van der Waals surface area contributed by atoms with Gasteiger partial charge < -0.3 is 5.32 Å². The zero-order chi connectivity index (χ0) is 15.7. The van der Waals surface area contributed by atoms with Crippen LogP contribution in [0.4, 0.5) is 5.69 Å². The predicted octanol–water partition coefficient (Wildman–Crippen LogP) is 4.47. The summed E-state index contributed by atoms with van der Waals surface area (Å²) >= 11 is 1.58. The molecule has 2 aromatic heterocycles. The summed E-state index contributed by atoms with van der Waals surface area (Å²) in [5.74, 6) is 0.244. The first-order chi connectivity index (χ1) is 10.6. The number of para-hydroxylation sites is 1. The molecule has 1 amide bonds. The Kier molecular flexibility index (Phi) is 3.98. The van der Waals surface area contributed by atoms with Gasteiger partial charge in [-0.1, -0.05) is 32.0 Å². The number of fused-ring (bicyclic) bond motifs is 1. The fourth-order valence-corrected chi connectivity index (χ4v) is 3.28. The van der Waals surface area contributed by atoms with Crippen molar-refractivity contribution in [2.75, 3.05) is 5.32 Å². The lowest BCUT2D eigenvalue weighted by Gasteiger charge is -2.15. The Bertz CT molecular complexity index is 787. The third-order valence-corrected chi connectivity index (χ3v) is 4.77. The van der Waals surface area contributed by atoms with Crippen molar-refractivity contribution in [1.82, 2.24) is 9.38 Å². The normalized spacial score (nSPS) is 12.5. The van der Waals surface area contributed by atoms with Gasteiger partial charge in [-0.3, -0.25) is 9.20 Å². The Hall–Kier alpha value is -2.14. The van der Waals surface area contributed by atoms with E-state index in [1.165, 1.54) is 4.88 Å². The van der Waals surface area contributed by atoms with Gasteiger partial charge in [-0.05, 0) is 30.9 Å². The topological polar surface area (TPSA) is 46.4 Å². The highest BCUT2D eigenvalue weighted by Gasteiger charge is 2.15. The molecule has 3 rings (SSSR count). The summed E-state index contributed by atoms with van der Waals surface area (Å²) in [5, 5.41) is 3.00. The molecule has 0 aliphatic heterocycles. The SMILES string of the molecule is CCC(C)c1ccccc1NC(=O)c1cn2cc(C)sc2n1. The number of carbonyl (C=O) groups excluding carboxylic acids is 1. The van der Waals surface area contributed by atoms with Crippen LogP contribution in [0.1, 0.15) is 47.1 Å². The number of aromatic nitrogens is 2. The van der Waals surface area contributed by atoms with Gasteiger partial charge in [-0.25, -0.2) is 4.98 Å². The molecule has 0 saturated carbocycles. The number of benzene rings is 1. The van der Waals surface area contributed by atoms with Crippen LogP contribution < -0.4 is 5.32 Å². The molecule has 114 valence electrons. The number of rotatable bonds is 4. The molecule has 2 heterocycles. The molecular formula is C17H19N3OS. The van der Waals surface area contributed by atoms with Gasteiger partial charge in [0.2, 0.25) is 0 Å². The third-order valence-electron chi connectivity index (χ3n) is 3.86. The van der Waals surface area contributed by atoms with Crippen molar-refractivity contribution in [3.63, 3.8) is 0 Å². The van der Waals surface area contributed by atoms with Gasteiger partial charge in [0.05, 0.1) is 0 Å². The van der Waals surface area contributed by atoms with Gasteiger partial charge in [0, 0.05) is 23.0 Å². The average molecular weight is 313 g/mol. The smallest absolute Gasteiger partial charge is 0.275 e. The van der Waals surface area contributed by atoms with Gasteiger partial charge in [0.25, 0.3) is 5.91 Å². The van der Waals surface area contributed by atoms with Crippen LogP contribution in [0, 0.1) is 6.92 Å². The second-order valence-corrected chi connectivity index (χ2v) is 6.72. The van der Waals surface area contributed by atoms with Crippen LogP contribution in [-0.2, 0) is 0 Å². The van der Waals surface area contributed by atoms with E-state index >= 15 is 0 Å². The molecule has 4 nitrogen and oxygen atoms in total. The number of hydrogen-bond donors (Lipinski definition) is 1. The minimum atomic E-state index is -0.163. The van der Waals surface area contributed by atoms with Crippen LogP contribution in [0.25, 0.3) is 4.96 Å². The highest BCUT2D eigenvalue weighted by Crippen LogP contribution is 2.27. The highest BCUT2D eigenvalue weighted by molar-refractivity contribution is 7.17. The number of nitrogens with zero attached hydrogens (tertiary/aromatic N) is 2. The maximum atomic E-state index is 12.4. The van der Waals surface area contributed by atoms with E-state index in [1.54, 1.807) is 17.5 Å². The number of thiazole rings is 1. The summed E-state index contributed by atoms with van der Waals surface area (Å²) in [7, 11) is 0. The number of carbonyl (C=O) groups is 1. The summed E-state index contributed by atoms with van der Waals surface area (Å²) in [6, 6.07) is 7.96. The molecule has 0 spiro atoms. The summed E-state index contributed by atoms with van der Waals surface area (Å²) in [5.41, 5.74) is 2.48. The summed E-state index contributed by atoms with van der Waals surface area (Å²) < 4.78 is 1.90. The van der Waals surface area contributed by atoms with E-state index in [2.05, 4.69) is 30.2 Å². The van der Waals surface area contributed by atoms with E-state index in [0.717, 1.165) is 22.6 Å². The molecule has 22 heavy (non-hydrogen) atoms. The maximum absolute atomic E-state index is 12.4. The number of imidazole rings is 1. The fourth-order valence-electron chi connectivity index (χ4n) is 2.47. The molecule has 0 aliphatic rings. The lowest BCUT2D eigenvalue weighted by molar-refractivity contribution is 0.102. The maximum Gasteiger partial charge on any atom is 0.275 e. The van der Waals surface area contributed by atoms with E-state index in [1.807, 2.05) is 35.7 Å². The molecule has 1 aromatic carbocycles. The molecule has 0 aliphatic carbocycles. The molecule has 3 aromatic rings. The van der Waals surface area contributed by atoms with Crippen molar-refractivity contribution in [3.8, 4) is 0 Å². The van der Waals surface area contributed by atoms with Crippen molar-refractivity contribution < 1.29 is 4.79 Å². The predicted molar refractivity (Wildman–Crippen MR) is 90.9 cm³/mol. The number of amides is 1. The van der Waals surface area contributed by atoms with Crippen LogP contribution in [0.3, 0.4) is 0 Å². The van der Waals surface area contributed by atoms with Crippen molar-refractivity contribution in [2.45, 2.75) is 33.1 Å². The van der Waals surface area contributed by atoms with Crippen LogP contribution in [0.15, 0.2) is 36.7 Å². The Morgan fingerprint density at radius 1 is 1.36 bits per heavy atom. The van der Waals surface area contributed by atoms with Crippen LogP contribution in [-0.4, -0.2) is 15.3 Å². The summed E-state index contributed by atoms with van der Waals surface area (Å²) in [4.78, 5) is 18.9. The fraction of sp³-hybridized carbons (Fsp3) is 0.294. The van der Waals surface area contributed by atoms with Crippen molar-refractivity contribution in [1.29, 1.82) is 0 Å². The standard InChI is InChI=1S/C17H19N3OS/c1-4-11(2)13-7-5-6-8-14(13)18-16(21)15-10-20-9-12(3)22-17(20)19-15/h5-11H,4H2,1-3H3,(H,18,21). The molecule has 0 bridgehead atoms. The van der Waals surface area contributed by atoms with Crippen molar-refractivity contribution in [3.05, 3.63) is 52.8 Å². The van der Waals surface area contributed by atoms with Gasteiger partial charge in [-0.2, -0.15) is 0 Å². The van der Waals surface area contributed by atoms with Crippen LogP contribution >= 0.6 is 11.3 Å². The average Bonchev–Trinajstić information content (AvgIpc) is 3.04. The molecule has 5 heteroatoms. The van der Waals surface area contributed by atoms with Crippen LogP contribution in [0.5, 0.6) is 0 Å². The van der Waals surface area contributed by atoms with Gasteiger partial charge in [-0.15, -0.1) is 11.3 Å². The molecule has 0 fully saturated rings. The van der Waals surface area contributed by atoms with E-state index in [-0.39, 0.29) is 5.91 Å². The molecule has 0 radical (unpaired) electrons. The van der Waals surface area contributed by atoms with Gasteiger partial charge in [0.1, 0.15) is 5.69 Å². The first kappa shape index (κ1) is 14.8. The lowest BCUT2D eigenvalue weighted by atomic mass is 9.97. The second-order valence-electron chi connectivity index (χ2n) is 5.51. The second kappa shape index (κ2) is 5.93. The van der Waals surface area contributed by atoms with Gasteiger partial charge in [0.15, 0.2) is 4.96 Å². The monoisotopic (exact) mass is 313 g/mol. The quantitative estimate of drug-likeness (QED) is 0.772. The zero-order valence-electron chi connectivity index (χ0n) is 13.0. The van der Waals surface area contributed by atoms with Crippen LogP contribution in [0.2, 0.25) is 0 Å². The Morgan fingerprint density at radius 2 is 2.14 bits per heavy atom. The summed E-state index contributed by atoms with van der Waals surface area (Å²) in [6.07, 6.45) is 4.79. The summed E-state index contributed by atoms with van der Waals surface area (Å²) in [6.45, 7) is 6.34. The van der Waals surface area contributed by atoms with E-state index < -0.39 is 0 Å². The lowest BCUT2D eigenvalue weighted by Crippen LogP contribution is -2.14. The van der Waals surface area contributed by atoms with E-state index in [0.29, 0.717) is 11.6 Å². The molecule has 0 saturated heterocycles. The van der Waals surface area contributed by atoms with Crippen molar-refractivity contribution in [2.24, 2.45) is 0 Å². The van der Waals surface area contributed by atoms with E-state index in [9.17, 15) is 4.79 Å². The number of anilines is 1. The van der Waals surface area contributed by atoms with Gasteiger partial charge >= 0.3 is 0 Å². The molecular weight excluding hydrogens is 294 g/mol. The third kappa shape index (κ3) is 2.76. The minimum Gasteiger partial charge on any atom is -0.320 e. The highest BCUT2D eigenvalue weighted by atomic mass is 32.1. The number of aryl methyl sites for hydroxylation is 1. The molecule has 1 unspecified atom stereocenters. The first-order valence-electron chi connectivity index (χ1n) is 7.44.